The molecule has 122 valence electrons. The molecule has 0 aliphatic carbocycles. The SMILES string of the molecule is COc1ccc(C(=O)N2CCO[C@H](C)[C@H]2c2nc(C)no2)cc1. The van der Waals surface area contributed by atoms with E-state index >= 15 is 0 Å². The van der Waals surface area contributed by atoms with E-state index in [1.807, 2.05) is 6.92 Å². The zero-order valence-corrected chi connectivity index (χ0v) is 13.4. The van der Waals surface area contributed by atoms with Crippen LogP contribution in [0.25, 0.3) is 0 Å². The number of morpholine rings is 1. The van der Waals surface area contributed by atoms with Gasteiger partial charge in [-0.15, -0.1) is 0 Å². The molecule has 23 heavy (non-hydrogen) atoms. The van der Waals surface area contributed by atoms with E-state index in [0.717, 1.165) is 0 Å². The van der Waals surface area contributed by atoms with Gasteiger partial charge in [-0.25, -0.2) is 0 Å². The van der Waals surface area contributed by atoms with Crippen molar-refractivity contribution in [2.45, 2.75) is 26.0 Å². The number of hydrogen-bond donors (Lipinski definition) is 0. The number of aryl methyl sites for hydroxylation is 1. The summed E-state index contributed by atoms with van der Waals surface area (Å²) in [5.41, 5.74) is 0.584. The molecule has 0 radical (unpaired) electrons. The first-order chi connectivity index (χ1) is 11.1. The Morgan fingerprint density at radius 3 is 2.70 bits per heavy atom. The van der Waals surface area contributed by atoms with E-state index in [9.17, 15) is 4.79 Å². The topological polar surface area (TPSA) is 77.7 Å². The molecule has 1 aromatic heterocycles. The molecule has 2 aromatic rings. The van der Waals surface area contributed by atoms with Crippen molar-refractivity contribution in [2.24, 2.45) is 0 Å². The van der Waals surface area contributed by atoms with E-state index in [2.05, 4.69) is 10.1 Å². The maximum atomic E-state index is 12.9. The van der Waals surface area contributed by atoms with Crippen LogP contribution < -0.4 is 4.74 Å². The fraction of sp³-hybridized carbons (Fsp3) is 0.438. The van der Waals surface area contributed by atoms with Crippen molar-refractivity contribution in [3.05, 3.63) is 41.5 Å². The number of benzene rings is 1. The molecule has 1 saturated heterocycles. The zero-order chi connectivity index (χ0) is 16.4. The summed E-state index contributed by atoms with van der Waals surface area (Å²) in [7, 11) is 1.59. The van der Waals surface area contributed by atoms with Gasteiger partial charge in [-0.1, -0.05) is 5.16 Å². The van der Waals surface area contributed by atoms with Crippen LogP contribution in [0, 0.1) is 6.92 Å². The second kappa shape index (κ2) is 6.37. The number of ether oxygens (including phenoxy) is 2. The molecule has 1 aliphatic rings. The molecule has 3 rings (SSSR count). The minimum atomic E-state index is -0.389. The standard InChI is InChI=1S/C16H19N3O4/c1-10-14(15-17-11(2)18-23-15)19(8-9-22-10)16(20)12-4-6-13(21-3)7-5-12/h4-7,10,14H,8-9H2,1-3H3/t10-,14+/m1/s1. The highest BCUT2D eigenvalue weighted by molar-refractivity contribution is 5.94. The van der Waals surface area contributed by atoms with Gasteiger partial charge in [-0.3, -0.25) is 4.79 Å². The van der Waals surface area contributed by atoms with Crippen LogP contribution in [0.2, 0.25) is 0 Å². The van der Waals surface area contributed by atoms with E-state index in [-0.39, 0.29) is 18.1 Å². The largest absolute Gasteiger partial charge is 0.497 e. The van der Waals surface area contributed by atoms with Crippen LogP contribution in [0.3, 0.4) is 0 Å². The van der Waals surface area contributed by atoms with E-state index < -0.39 is 0 Å². The van der Waals surface area contributed by atoms with Gasteiger partial charge < -0.3 is 18.9 Å². The lowest BCUT2D eigenvalue weighted by Crippen LogP contribution is -2.47. The summed E-state index contributed by atoms with van der Waals surface area (Å²) in [6, 6.07) is 6.64. The van der Waals surface area contributed by atoms with Gasteiger partial charge in [0.05, 0.1) is 19.8 Å². The lowest BCUT2D eigenvalue weighted by molar-refractivity contribution is -0.0600. The number of methoxy groups -OCH3 is 1. The van der Waals surface area contributed by atoms with Gasteiger partial charge in [-0.05, 0) is 38.1 Å². The molecular formula is C16H19N3O4. The van der Waals surface area contributed by atoms with Gasteiger partial charge in [0.25, 0.3) is 11.8 Å². The highest BCUT2D eigenvalue weighted by atomic mass is 16.5. The number of aromatic nitrogens is 2. The molecule has 0 saturated carbocycles. The van der Waals surface area contributed by atoms with Gasteiger partial charge in [0, 0.05) is 12.1 Å². The third kappa shape index (κ3) is 3.05. The van der Waals surface area contributed by atoms with Crippen LogP contribution in [0.4, 0.5) is 0 Å². The molecular weight excluding hydrogens is 298 g/mol. The number of rotatable bonds is 3. The van der Waals surface area contributed by atoms with Gasteiger partial charge in [-0.2, -0.15) is 4.98 Å². The number of carbonyl (C=O) groups excluding carboxylic acids is 1. The van der Waals surface area contributed by atoms with Crippen LogP contribution in [0.5, 0.6) is 5.75 Å². The Hall–Kier alpha value is -2.41. The van der Waals surface area contributed by atoms with Crippen LogP contribution in [0.15, 0.2) is 28.8 Å². The average Bonchev–Trinajstić information content (AvgIpc) is 3.00. The Bertz CT molecular complexity index is 683. The molecule has 0 spiro atoms. The predicted octanol–water partition coefficient (Wildman–Crippen LogP) is 1.99. The third-order valence-electron chi connectivity index (χ3n) is 3.89. The van der Waals surface area contributed by atoms with E-state index in [1.54, 1.807) is 43.2 Å². The monoisotopic (exact) mass is 317 g/mol. The summed E-state index contributed by atoms with van der Waals surface area (Å²) in [5.74, 6) is 1.55. The Balaban J connectivity index is 1.89. The second-order valence-electron chi connectivity index (χ2n) is 5.43. The highest BCUT2D eigenvalue weighted by Crippen LogP contribution is 2.30. The zero-order valence-electron chi connectivity index (χ0n) is 13.4. The Kier molecular flexibility index (Phi) is 4.29. The molecule has 1 aromatic carbocycles. The molecule has 1 fully saturated rings. The summed E-state index contributed by atoms with van der Waals surface area (Å²) in [6.45, 7) is 4.60. The molecule has 1 aliphatic heterocycles. The summed E-state index contributed by atoms with van der Waals surface area (Å²) in [6.07, 6.45) is -0.217. The molecule has 7 nitrogen and oxygen atoms in total. The molecule has 1 amide bonds. The highest BCUT2D eigenvalue weighted by Gasteiger charge is 2.38. The number of carbonyl (C=O) groups is 1. The van der Waals surface area contributed by atoms with Gasteiger partial charge in [0.1, 0.15) is 11.8 Å². The first-order valence-corrected chi connectivity index (χ1v) is 7.47. The molecule has 0 bridgehead atoms. The van der Waals surface area contributed by atoms with Crippen LogP contribution in [0.1, 0.15) is 35.0 Å². The molecule has 7 heteroatoms. The fourth-order valence-corrected chi connectivity index (χ4v) is 2.72. The number of hydrogen-bond acceptors (Lipinski definition) is 6. The second-order valence-corrected chi connectivity index (χ2v) is 5.43. The summed E-state index contributed by atoms with van der Waals surface area (Å²) >= 11 is 0. The van der Waals surface area contributed by atoms with Crippen molar-refractivity contribution in [3.8, 4) is 5.75 Å². The Labute approximate surface area is 134 Å². The Morgan fingerprint density at radius 2 is 2.09 bits per heavy atom. The quantitative estimate of drug-likeness (QED) is 0.861. The van der Waals surface area contributed by atoms with Gasteiger partial charge >= 0.3 is 0 Å². The van der Waals surface area contributed by atoms with E-state index in [1.165, 1.54) is 0 Å². The number of amides is 1. The van der Waals surface area contributed by atoms with Crippen LogP contribution >= 0.6 is 0 Å². The summed E-state index contributed by atoms with van der Waals surface area (Å²) < 4.78 is 16.1. The van der Waals surface area contributed by atoms with Gasteiger partial charge in [0.15, 0.2) is 5.82 Å². The fourth-order valence-electron chi connectivity index (χ4n) is 2.72. The third-order valence-corrected chi connectivity index (χ3v) is 3.89. The first-order valence-electron chi connectivity index (χ1n) is 7.47. The lowest BCUT2D eigenvalue weighted by atomic mass is 10.1. The maximum absolute atomic E-state index is 12.9. The predicted molar refractivity (Wildman–Crippen MR) is 81.2 cm³/mol. The van der Waals surface area contributed by atoms with E-state index in [4.69, 9.17) is 14.0 Å². The van der Waals surface area contributed by atoms with Crippen molar-refractivity contribution in [2.75, 3.05) is 20.3 Å². The molecule has 2 atom stereocenters. The minimum absolute atomic E-state index is 0.0938. The van der Waals surface area contributed by atoms with Crippen molar-refractivity contribution < 1.29 is 18.8 Å². The smallest absolute Gasteiger partial charge is 0.254 e. The first kappa shape index (κ1) is 15.5. The van der Waals surface area contributed by atoms with Crippen molar-refractivity contribution in [3.63, 3.8) is 0 Å². The molecule has 2 heterocycles. The average molecular weight is 317 g/mol. The molecule has 0 N–H and O–H groups in total. The normalized spacial score (nSPS) is 21.3. The minimum Gasteiger partial charge on any atom is -0.497 e. The van der Waals surface area contributed by atoms with Crippen molar-refractivity contribution >= 4 is 5.91 Å². The van der Waals surface area contributed by atoms with E-state index in [0.29, 0.717) is 36.2 Å². The lowest BCUT2D eigenvalue weighted by Gasteiger charge is -2.37. The maximum Gasteiger partial charge on any atom is 0.254 e. The van der Waals surface area contributed by atoms with Crippen molar-refractivity contribution in [1.82, 2.24) is 15.0 Å². The van der Waals surface area contributed by atoms with Crippen molar-refractivity contribution in [1.29, 1.82) is 0 Å². The van der Waals surface area contributed by atoms with Crippen LogP contribution in [-0.4, -0.2) is 47.3 Å². The van der Waals surface area contributed by atoms with Crippen LogP contribution in [-0.2, 0) is 4.74 Å². The summed E-state index contributed by atoms with van der Waals surface area (Å²) in [5, 5.41) is 3.82. The number of nitrogens with zero attached hydrogens (tertiary/aromatic N) is 3. The Morgan fingerprint density at radius 1 is 1.35 bits per heavy atom. The molecule has 0 unspecified atom stereocenters. The van der Waals surface area contributed by atoms with Gasteiger partial charge in [0.2, 0.25) is 0 Å². The summed E-state index contributed by atoms with van der Waals surface area (Å²) in [4.78, 5) is 18.9.